The summed E-state index contributed by atoms with van der Waals surface area (Å²) in [6, 6.07) is 13.9. The van der Waals surface area contributed by atoms with Gasteiger partial charge < -0.3 is 9.64 Å². The highest BCUT2D eigenvalue weighted by Crippen LogP contribution is 2.21. The van der Waals surface area contributed by atoms with Gasteiger partial charge in [0.25, 0.3) is 21.7 Å². The van der Waals surface area contributed by atoms with E-state index in [0.717, 1.165) is 0 Å². The number of hydrogen-bond acceptors (Lipinski definition) is 5. The lowest BCUT2D eigenvalue weighted by Gasteiger charge is -2.26. The summed E-state index contributed by atoms with van der Waals surface area (Å²) in [6.45, 7) is 1.42. The van der Waals surface area contributed by atoms with Gasteiger partial charge >= 0.3 is 0 Å². The van der Waals surface area contributed by atoms with Crippen molar-refractivity contribution < 1.29 is 22.7 Å². The summed E-state index contributed by atoms with van der Waals surface area (Å²) in [5, 5.41) is 0. The lowest BCUT2D eigenvalue weighted by Crippen LogP contribution is -2.44. The average Bonchev–Trinajstić information content (AvgIpc) is 2.68. The van der Waals surface area contributed by atoms with Crippen LogP contribution in [0.2, 0.25) is 0 Å². The van der Waals surface area contributed by atoms with Gasteiger partial charge in [0.15, 0.2) is 0 Å². The third kappa shape index (κ3) is 3.92. The van der Waals surface area contributed by atoms with Crippen LogP contribution in [0.1, 0.15) is 10.4 Å². The van der Waals surface area contributed by atoms with Gasteiger partial charge in [-0.25, -0.2) is 8.42 Å². The molecule has 1 amide bonds. The number of anilines is 1. The molecule has 1 saturated heterocycles. The number of carbonyl (C=O) groups excluding carboxylic acids is 2. The Balaban J connectivity index is 1.86. The number of carbonyl (C=O) groups is 2. The van der Waals surface area contributed by atoms with Crippen LogP contribution in [0.4, 0.5) is 5.69 Å². The third-order valence-electron chi connectivity index (χ3n) is 3.96. The van der Waals surface area contributed by atoms with E-state index in [2.05, 4.69) is 4.72 Å². The molecule has 0 aliphatic carbocycles. The fraction of sp³-hybridized carbons (Fsp3) is 0.222. The molecule has 0 aromatic heterocycles. The largest absolute Gasteiger partial charge is 0.378 e. The summed E-state index contributed by atoms with van der Waals surface area (Å²) in [4.78, 5) is 26.5. The van der Waals surface area contributed by atoms with Gasteiger partial charge in [-0.1, -0.05) is 30.3 Å². The van der Waals surface area contributed by atoms with Crippen molar-refractivity contribution in [3.8, 4) is 0 Å². The van der Waals surface area contributed by atoms with E-state index in [4.69, 9.17) is 4.74 Å². The standard InChI is InChI=1S/C18H18N2O5S/c21-17(18(22)20-10-12-25-13-11-20)15-8-4-5-9-16(15)19-26(23,24)14-6-2-1-3-7-14/h1-9,19H,10-13H2. The van der Waals surface area contributed by atoms with Gasteiger partial charge in [-0.15, -0.1) is 0 Å². The van der Waals surface area contributed by atoms with E-state index in [1.165, 1.54) is 29.2 Å². The van der Waals surface area contributed by atoms with Crippen LogP contribution in [0.15, 0.2) is 59.5 Å². The van der Waals surface area contributed by atoms with Crippen LogP contribution in [0, 0.1) is 0 Å². The maximum atomic E-state index is 12.6. The maximum absolute atomic E-state index is 12.6. The van der Waals surface area contributed by atoms with Crippen molar-refractivity contribution in [3.63, 3.8) is 0 Å². The summed E-state index contributed by atoms with van der Waals surface area (Å²) in [5.41, 5.74) is 0.0893. The van der Waals surface area contributed by atoms with Gasteiger partial charge in [0, 0.05) is 13.1 Å². The molecule has 3 rings (SSSR count). The molecule has 2 aromatic rings. The maximum Gasteiger partial charge on any atom is 0.295 e. The topological polar surface area (TPSA) is 92.8 Å². The van der Waals surface area contributed by atoms with Crippen molar-refractivity contribution in [3.05, 3.63) is 60.2 Å². The van der Waals surface area contributed by atoms with Crippen LogP contribution >= 0.6 is 0 Å². The van der Waals surface area contributed by atoms with Crippen LogP contribution in [0.25, 0.3) is 0 Å². The SMILES string of the molecule is O=C(C(=O)N1CCOCC1)c1ccccc1NS(=O)(=O)c1ccccc1. The van der Waals surface area contributed by atoms with E-state index in [0.29, 0.717) is 26.3 Å². The van der Waals surface area contributed by atoms with E-state index in [1.54, 1.807) is 30.3 Å². The number of amides is 1. The zero-order valence-electron chi connectivity index (χ0n) is 13.9. The minimum absolute atomic E-state index is 0.0171. The number of Topliss-reactive ketones (excluding diaryl/α,β-unsaturated/α-hetero) is 1. The molecule has 1 heterocycles. The number of rotatable bonds is 5. The van der Waals surface area contributed by atoms with E-state index >= 15 is 0 Å². The minimum Gasteiger partial charge on any atom is -0.378 e. The average molecular weight is 374 g/mol. The van der Waals surface area contributed by atoms with Crippen molar-refractivity contribution in [2.24, 2.45) is 0 Å². The first kappa shape index (κ1) is 18.1. The highest BCUT2D eigenvalue weighted by molar-refractivity contribution is 7.92. The van der Waals surface area contributed by atoms with Crippen molar-refractivity contribution in [1.29, 1.82) is 0 Å². The first-order valence-electron chi connectivity index (χ1n) is 8.07. The summed E-state index contributed by atoms with van der Waals surface area (Å²) in [7, 11) is -3.87. The Morgan fingerprint density at radius 2 is 1.54 bits per heavy atom. The van der Waals surface area contributed by atoms with Gasteiger partial charge in [0.1, 0.15) is 0 Å². The molecule has 0 unspecified atom stereocenters. The van der Waals surface area contributed by atoms with Crippen molar-refractivity contribution >= 4 is 27.4 Å². The number of sulfonamides is 1. The highest BCUT2D eigenvalue weighted by Gasteiger charge is 2.27. The van der Waals surface area contributed by atoms with Gasteiger partial charge in [-0.3, -0.25) is 14.3 Å². The van der Waals surface area contributed by atoms with Gasteiger partial charge in [-0.2, -0.15) is 0 Å². The number of benzene rings is 2. The second kappa shape index (κ2) is 7.67. The molecule has 1 N–H and O–H groups in total. The number of morpholine rings is 1. The molecule has 7 nitrogen and oxygen atoms in total. The smallest absolute Gasteiger partial charge is 0.295 e. The van der Waals surface area contributed by atoms with Crippen LogP contribution in [0.5, 0.6) is 0 Å². The van der Waals surface area contributed by atoms with Crippen molar-refractivity contribution in [2.45, 2.75) is 4.90 Å². The molecule has 0 radical (unpaired) electrons. The van der Waals surface area contributed by atoms with Crippen LogP contribution in [-0.2, 0) is 19.6 Å². The van der Waals surface area contributed by atoms with E-state index in [-0.39, 0.29) is 16.1 Å². The lowest BCUT2D eigenvalue weighted by molar-refractivity contribution is -0.130. The molecule has 0 saturated carbocycles. The van der Waals surface area contributed by atoms with Crippen LogP contribution in [0.3, 0.4) is 0 Å². The quantitative estimate of drug-likeness (QED) is 0.633. The Bertz CT molecular complexity index is 906. The van der Waals surface area contributed by atoms with E-state index in [1.807, 2.05) is 0 Å². The zero-order valence-corrected chi connectivity index (χ0v) is 14.7. The molecule has 0 spiro atoms. The van der Waals surface area contributed by atoms with Crippen molar-refractivity contribution in [2.75, 3.05) is 31.0 Å². The fourth-order valence-corrected chi connectivity index (χ4v) is 3.70. The second-order valence-electron chi connectivity index (χ2n) is 5.70. The predicted molar refractivity (Wildman–Crippen MR) is 95.4 cm³/mol. The monoisotopic (exact) mass is 374 g/mol. The number of para-hydroxylation sites is 1. The summed E-state index contributed by atoms with van der Waals surface area (Å²) in [5.74, 6) is -1.42. The van der Waals surface area contributed by atoms with Gasteiger partial charge in [-0.05, 0) is 24.3 Å². The molecule has 0 atom stereocenters. The number of ketones is 1. The zero-order chi connectivity index (χ0) is 18.6. The first-order chi connectivity index (χ1) is 12.5. The predicted octanol–water partition coefficient (Wildman–Crippen LogP) is 1.53. The first-order valence-corrected chi connectivity index (χ1v) is 9.55. The fourth-order valence-electron chi connectivity index (χ4n) is 2.60. The Hall–Kier alpha value is -2.71. The molecule has 136 valence electrons. The highest BCUT2D eigenvalue weighted by atomic mass is 32.2. The van der Waals surface area contributed by atoms with Gasteiger partial charge in [0.2, 0.25) is 0 Å². The molecule has 0 bridgehead atoms. The Morgan fingerprint density at radius 3 is 2.23 bits per heavy atom. The van der Waals surface area contributed by atoms with Gasteiger partial charge in [0.05, 0.1) is 29.4 Å². The number of nitrogens with one attached hydrogen (secondary N) is 1. The number of hydrogen-bond donors (Lipinski definition) is 1. The minimum atomic E-state index is -3.87. The normalized spacial score (nSPS) is 14.7. The molecule has 1 aliphatic heterocycles. The molecule has 26 heavy (non-hydrogen) atoms. The molecule has 1 fully saturated rings. The summed E-state index contributed by atoms with van der Waals surface area (Å²) < 4.78 is 32.6. The number of ether oxygens (including phenoxy) is 1. The Labute approximate surface area is 151 Å². The molecule has 2 aromatic carbocycles. The van der Waals surface area contributed by atoms with E-state index in [9.17, 15) is 18.0 Å². The number of nitrogens with zero attached hydrogens (tertiary/aromatic N) is 1. The van der Waals surface area contributed by atoms with Crippen LogP contribution < -0.4 is 4.72 Å². The molecular formula is C18H18N2O5S. The lowest BCUT2D eigenvalue weighted by atomic mass is 10.1. The Kier molecular flexibility index (Phi) is 5.34. The molecular weight excluding hydrogens is 356 g/mol. The van der Waals surface area contributed by atoms with E-state index < -0.39 is 21.7 Å². The van der Waals surface area contributed by atoms with Crippen molar-refractivity contribution in [1.82, 2.24) is 4.90 Å². The van der Waals surface area contributed by atoms with Crippen LogP contribution in [-0.4, -0.2) is 51.3 Å². The second-order valence-corrected chi connectivity index (χ2v) is 7.38. The molecule has 8 heteroatoms. The Morgan fingerprint density at radius 1 is 0.923 bits per heavy atom. The summed E-state index contributed by atoms with van der Waals surface area (Å²) in [6.07, 6.45) is 0. The molecule has 1 aliphatic rings. The summed E-state index contributed by atoms with van der Waals surface area (Å²) >= 11 is 0. The third-order valence-corrected chi connectivity index (χ3v) is 5.34.